The number of nitrogens with zero attached hydrogens (tertiary/aromatic N) is 2. The van der Waals surface area contributed by atoms with Crippen molar-refractivity contribution in [2.24, 2.45) is 5.84 Å². The molecular weight excluding hydrogens is 423 g/mol. The molecule has 1 aromatic carbocycles. The molecule has 0 saturated heterocycles. The second-order valence-corrected chi connectivity index (χ2v) is 6.50. The quantitative estimate of drug-likeness (QED) is 0.537. The molecule has 2 rings (SSSR count). The van der Waals surface area contributed by atoms with E-state index in [1.165, 1.54) is 0 Å². The van der Waals surface area contributed by atoms with Crippen molar-refractivity contribution in [1.82, 2.24) is 15.2 Å². The summed E-state index contributed by atoms with van der Waals surface area (Å²) in [4.78, 5) is 0. The molecule has 1 aromatic heterocycles. The summed E-state index contributed by atoms with van der Waals surface area (Å²) in [5.41, 5.74) is 4.68. The van der Waals surface area contributed by atoms with Gasteiger partial charge in [0.05, 0.1) is 35.6 Å². The van der Waals surface area contributed by atoms with Gasteiger partial charge in [-0.05, 0) is 39.7 Å². The van der Waals surface area contributed by atoms with Gasteiger partial charge in [0.1, 0.15) is 0 Å². The number of nitrogens with two attached hydrogens (primary N) is 1. The standard InChI is InChI=1S/C13H15Br2ClN4O/c1-21-5-4-20-13(11(15)7-18-20)12(19-17)9-6-8(16)2-3-10(9)14/h2-3,6-7,12,19H,4-5,17H2,1H3. The van der Waals surface area contributed by atoms with Crippen molar-refractivity contribution < 1.29 is 4.74 Å². The first-order chi connectivity index (χ1) is 10.1. The average molecular weight is 439 g/mol. The number of rotatable bonds is 6. The predicted molar refractivity (Wildman–Crippen MR) is 90.1 cm³/mol. The molecule has 0 aliphatic heterocycles. The first-order valence-electron chi connectivity index (χ1n) is 6.19. The Bertz CT molecular complexity index is 620. The fraction of sp³-hybridized carbons (Fsp3) is 0.308. The van der Waals surface area contributed by atoms with E-state index in [-0.39, 0.29) is 6.04 Å². The van der Waals surface area contributed by atoms with Crippen molar-refractivity contribution in [3.63, 3.8) is 0 Å². The van der Waals surface area contributed by atoms with Crippen LogP contribution in [0.1, 0.15) is 17.3 Å². The zero-order valence-corrected chi connectivity index (χ0v) is 15.2. The molecule has 114 valence electrons. The lowest BCUT2D eigenvalue weighted by atomic mass is 10.0. The van der Waals surface area contributed by atoms with E-state index in [0.717, 1.165) is 20.2 Å². The zero-order chi connectivity index (χ0) is 15.4. The van der Waals surface area contributed by atoms with Crippen molar-refractivity contribution in [3.05, 3.63) is 49.6 Å². The molecule has 0 fully saturated rings. The molecule has 1 atom stereocenters. The van der Waals surface area contributed by atoms with Crippen molar-refractivity contribution >= 4 is 43.5 Å². The predicted octanol–water partition coefficient (Wildman–Crippen LogP) is 3.26. The van der Waals surface area contributed by atoms with Crippen LogP contribution in [0.2, 0.25) is 5.02 Å². The highest BCUT2D eigenvalue weighted by atomic mass is 79.9. The van der Waals surface area contributed by atoms with Crippen LogP contribution in [0.15, 0.2) is 33.3 Å². The van der Waals surface area contributed by atoms with E-state index in [1.54, 1.807) is 13.3 Å². The fourth-order valence-corrected chi connectivity index (χ4v) is 3.25. The Morgan fingerprint density at radius 3 is 2.86 bits per heavy atom. The first-order valence-corrected chi connectivity index (χ1v) is 8.16. The highest BCUT2D eigenvalue weighted by molar-refractivity contribution is 9.10. The normalized spacial score (nSPS) is 12.6. The van der Waals surface area contributed by atoms with Crippen LogP contribution in [0.3, 0.4) is 0 Å². The average Bonchev–Trinajstić information content (AvgIpc) is 2.83. The van der Waals surface area contributed by atoms with E-state index in [1.807, 2.05) is 22.9 Å². The van der Waals surface area contributed by atoms with Gasteiger partial charge in [-0.25, -0.2) is 5.43 Å². The van der Waals surface area contributed by atoms with E-state index in [9.17, 15) is 0 Å². The molecule has 0 bridgehead atoms. The van der Waals surface area contributed by atoms with E-state index in [0.29, 0.717) is 18.2 Å². The molecule has 8 heteroatoms. The van der Waals surface area contributed by atoms with Crippen LogP contribution in [-0.4, -0.2) is 23.5 Å². The number of hydrazine groups is 1. The molecular formula is C13H15Br2ClN4O. The van der Waals surface area contributed by atoms with Crippen molar-refractivity contribution in [1.29, 1.82) is 0 Å². The van der Waals surface area contributed by atoms with Crippen LogP contribution in [0.4, 0.5) is 0 Å². The summed E-state index contributed by atoms with van der Waals surface area (Å²) < 4.78 is 8.75. The topological polar surface area (TPSA) is 65.1 Å². The lowest BCUT2D eigenvalue weighted by Gasteiger charge is -2.20. The van der Waals surface area contributed by atoms with Crippen LogP contribution in [0.5, 0.6) is 0 Å². The number of nitrogens with one attached hydrogen (secondary N) is 1. The fourth-order valence-electron chi connectivity index (χ4n) is 2.07. The molecule has 0 spiro atoms. The number of methoxy groups -OCH3 is 1. The molecule has 0 aliphatic rings. The zero-order valence-electron chi connectivity index (χ0n) is 11.3. The Morgan fingerprint density at radius 1 is 1.43 bits per heavy atom. The Morgan fingerprint density at radius 2 is 2.19 bits per heavy atom. The van der Waals surface area contributed by atoms with Crippen molar-refractivity contribution in [3.8, 4) is 0 Å². The first kappa shape index (κ1) is 16.9. The van der Waals surface area contributed by atoms with Gasteiger partial charge in [-0.2, -0.15) is 5.10 Å². The van der Waals surface area contributed by atoms with Gasteiger partial charge in [0.15, 0.2) is 0 Å². The Kier molecular flexibility index (Phi) is 6.21. The number of benzene rings is 1. The molecule has 3 N–H and O–H groups in total. The van der Waals surface area contributed by atoms with Gasteiger partial charge >= 0.3 is 0 Å². The minimum atomic E-state index is -0.258. The Labute approximate surface area is 145 Å². The van der Waals surface area contributed by atoms with Gasteiger partial charge in [-0.1, -0.05) is 27.5 Å². The molecule has 5 nitrogen and oxygen atoms in total. The van der Waals surface area contributed by atoms with Gasteiger partial charge < -0.3 is 4.74 Å². The maximum Gasteiger partial charge on any atom is 0.0901 e. The molecule has 21 heavy (non-hydrogen) atoms. The number of halogens is 3. The molecule has 2 aromatic rings. The third-order valence-corrected chi connectivity index (χ3v) is 4.62. The largest absolute Gasteiger partial charge is 0.383 e. The monoisotopic (exact) mass is 436 g/mol. The van der Waals surface area contributed by atoms with Crippen LogP contribution < -0.4 is 11.3 Å². The van der Waals surface area contributed by atoms with Crippen molar-refractivity contribution in [2.45, 2.75) is 12.6 Å². The SMILES string of the molecule is COCCn1ncc(Br)c1C(NN)c1cc(Cl)ccc1Br. The highest BCUT2D eigenvalue weighted by Crippen LogP contribution is 2.33. The second-order valence-electron chi connectivity index (χ2n) is 4.36. The minimum absolute atomic E-state index is 0.258. The Balaban J connectivity index is 2.46. The summed E-state index contributed by atoms with van der Waals surface area (Å²) in [5, 5.41) is 4.99. The summed E-state index contributed by atoms with van der Waals surface area (Å²) in [6, 6.07) is 5.33. The van der Waals surface area contributed by atoms with Crippen LogP contribution in [-0.2, 0) is 11.3 Å². The lowest BCUT2D eigenvalue weighted by Crippen LogP contribution is -2.31. The highest BCUT2D eigenvalue weighted by Gasteiger charge is 2.23. The number of hydrogen-bond acceptors (Lipinski definition) is 4. The summed E-state index contributed by atoms with van der Waals surface area (Å²) in [6.45, 7) is 1.20. The van der Waals surface area contributed by atoms with Crippen molar-refractivity contribution in [2.75, 3.05) is 13.7 Å². The second kappa shape index (κ2) is 7.71. The van der Waals surface area contributed by atoms with Crippen LogP contribution in [0, 0.1) is 0 Å². The maximum atomic E-state index is 6.10. The number of hydrogen-bond donors (Lipinski definition) is 2. The number of ether oxygens (including phenoxy) is 1. The van der Waals surface area contributed by atoms with E-state index < -0.39 is 0 Å². The summed E-state index contributed by atoms with van der Waals surface area (Å²) in [6.07, 6.45) is 1.74. The summed E-state index contributed by atoms with van der Waals surface area (Å²) >= 11 is 13.2. The Hall–Kier alpha value is -0.440. The molecule has 1 unspecified atom stereocenters. The van der Waals surface area contributed by atoms with Gasteiger partial charge in [-0.3, -0.25) is 10.5 Å². The van der Waals surface area contributed by atoms with E-state index in [2.05, 4.69) is 42.4 Å². The third-order valence-electron chi connectivity index (χ3n) is 3.05. The molecule has 1 heterocycles. The molecule has 0 radical (unpaired) electrons. The van der Waals surface area contributed by atoms with E-state index in [4.69, 9.17) is 22.2 Å². The van der Waals surface area contributed by atoms with Gasteiger partial charge in [0.2, 0.25) is 0 Å². The van der Waals surface area contributed by atoms with Gasteiger partial charge in [-0.15, -0.1) is 0 Å². The third kappa shape index (κ3) is 3.85. The maximum absolute atomic E-state index is 6.10. The van der Waals surface area contributed by atoms with Crippen LogP contribution in [0.25, 0.3) is 0 Å². The summed E-state index contributed by atoms with van der Waals surface area (Å²) in [7, 11) is 1.66. The number of aromatic nitrogens is 2. The van der Waals surface area contributed by atoms with Crippen LogP contribution >= 0.6 is 43.5 Å². The summed E-state index contributed by atoms with van der Waals surface area (Å²) in [5.74, 6) is 5.77. The van der Waals surface area contributed by atoms with E-state index >= 15 is 0 Å². The van der Waals surface area contributed by atoms with Gasteiger partial charge in [0.25, 0.3) is 0 Å². The lowest BCUT2D eigenvalue weighted by molar-refractivity contribution is 0.182. The molecule has 0 amide bonds. The van der Waals surface area contributed by atoms with Gasteiger partial charge in [0, 0.05) is 16.6 Å². The molecule has 0 saturated carbocycles. The molecule has 0 aliphatic carbocycles. The smallest absolute Gasteiger partial charge is 0.0901 e. The minimum Gasteiger partial charge on any atom is -0.383 e.